The van der Waals surface area contributed by atoms with Crippen LogP contribution in [0.4, 0.5) is 0 Å². The molecular formula is C10H14N4O3. The first-order chi connectivity index (χ1) is 8.02. The Morgan fingerprint density at radius 2 is 2.18 bits per heavy atom. The molecule has 0 saturated heterocycles. The standard InChI is InChI=1S/C10H14N4O3/c11-5-3-1-2-4-14-9(5)13-6(8(12)16)7(15)10(14)17/h5,15H,1-4,11H2,(H2,12,16). The zero-order valence-electron chi connectivity index (χ0n) is 9.22. The van der Waals surface area contributed by atoms with Crippen molar-refractivity contribution in [3.05, 3.63) is 21.9 Å². The smallest absolute Gasteiger partial charge is 0.296 e. The molecular weight excluding hydrogens is 224 g/mol. The molecule has 7 nitrogen and oxygen atoms in total. The monoisotopic (exact) mass is 238 g/mol. The third kappa shape index (κ3) is 1.89. The Balaban J connectivity index is 2.70. The van der Waals surface area contributed by atoms with Gasteiger partial charge in [0, 0.05) is 6.54 Å². The maximum Gasteiger partial charge on any atom is 0.296 e. The molecule has 1 atom stereocenters. The number of amides is 1. The van der Waals surface area contributed by atoms with Crippen LogP contribution < -0.4 is 17.0 Å². The molecule has 2 heterocycles. The van der Waals surface area contributed by atoms with Crippen LogP contribution in [0.1, 0.15) is 41.6 Å². The van der Waals surface area contributed by atoms with Gasteiger partial charge < -0.3 is 16.6 Å². The second-order valence-electron chi connectivity index (χ2n) is 4.09. The van der Waals surface area contributed by atoms with Crippen molar-refractivity contribution in [2.75, 3.05) is 0 Å². The molecule has 5 N–H and O–H groups in total. The van der Waals surface area contributed by atoms with Gasteiger partial charge in [-0.3, -0.25) is 14.2 Å². The van der Waals surface area contributed by atoms with E-state index in [1.807, 2.05) is 0 Å². The van der Waals surface area contributed by atoms with Gasteiger partial charge in [-0.2, -0.15) is 0 Å². The van der Waals surface area contributed by atoms with E-state index in [9.17, 15) is 14.7 Å². The van der Waals surface area contributed by atoms with Gasteiger partial charge in [0.05, 0.1) is 6.04 Å². The van der Waals surface area contributed by atoms with Crippen LogP contribution in [0.5, 0.6) is 5.75 Å². The van der Waals surface area contributed by atoms with E-state index in [0.29, 0.717) is 18.8 Å². The molecule has 17 heavy (non-hydrogen) atoms. The molecule has 1 amide bonds. The number of fused-ring (bicyclic) bond motifs is 1. The molecule has 1 aromatic rings. The number of hydrogen-bond acceptors (Lipinski definition) is 5. The lowest BCUT2D eigenvalue weighted by atomic mass is 10.1. The zero-order valence-corrected chi connectivity index (χ0v) is 9.22. The van der Waals surface area contributed by atoms with Crippen molar-refractivity contribution in [2.24, 2.45) is 11.5 Å². The van der Waals surface area contributed by atoms with Crippen LogP contribution in [-0.2, 0) is 6.54 Å². The summed E-state index contributed by atoms with van der Waals surface area (Å²) in [5.74, 6) is -1.31. The summed E-state index contributed by atoms with van der Waals surface area (Å²) in [5, 5.41) is 9.56. The molecule has 92 valence electrons. The molecule has 7 heteroatoms. The Morgan fingerprint density at radius 3 is 2.82 bits per heavy atom. The highest BCUT2D eigenvalue weighted by Crippen LogP contribution is 2.21. The van der Waals surface area contributed by atoms with Crippen LogP contribution in [0.15, 0.2) is 4.79 Å². The number of carbonyl (C=O) groups is 1. The van der Waals surface area contributed by atoms with Crippen LogP contribution in [0.3, 0.4) is 0 Å². The Hall–Kier alpha value is -1.89. The lowest BCUT2D eigenvalue weighted by Gasteiger charge is -2.14. The number of carbonyl (C=O) groups excluding carboxylic acids is 1. The predicted molar refractivity (Wildman–Crippen MR) is 59.5 cm³/mol. The van der Waals surface area contributed by atoms with Gasteiger partial charge in [-0.1, -0.05) is 0 Å². The number of aromatic hydroxyl groups is 1. The number of aromatic nitrogens is 2. The van der Waals surface area contributed by atoms with E-state index in [4.69, 9.17) is 11.5 Å². The number of nitrogens with zero attached hydrogens (tertiary/aromatic N) is 2. The molecule has 0 bridgehead atoms. The third-order valence-electron chi connectivity index (χ3n) is 2.89. The van der Waals surface area contributed by atoms with Crippen molar-refractivity contribution in [2.45, 2.75) is 31.8 Å². The summed E-state index contributed by atoms with van der Waals surface area (Å²) in [5.41, 5.74) is 9.87. The fourth-order valence-corrected chi connectivity index (χ4v) is 2.00. The van der Waals surface area contributed by atoms with E-state index in [1.54, 1.807) is 0 Å². The summed E-state index contributed by atoms with van der Waals surface area (Å²) in [7, 11) is 0. The van der Waals surface area contributed by atoms with Crippen molar-refractivity contribution in [3.8, 4) is 5.75 Å². The summed E-state index contributed by atoms with van der Waals surface area (Å²) < 4.78 is 1.32. The molecule has 0 spiro atoms. The van der Waals surface area contributed by atoms with Crippen molar-refractivity contribution >= 4 is 5.91 Å². The molecule has 1 aliphatic rings. The maximum atomic E-state index is 11.8. The Labute approximate surface area is 97.1 Å². The van der Waals surface area contributed by atoms with E-state index in [0.717, 1.165) is 12.8 Å². The number of hydrogen-bond donors (Lipinski definition) is 3. The van der Waals surface area contributed by atoms with E-state index in [-0.39, 0.29) is 0 Å². The summed E-state index contributed by atoms with van der Waals surface area (Å²) in [4.78, 5) is 26.8. The van der Waals surface area contributed by atoms with Crippen molar-refractivity contribution < 1.29 is 9.90 Å². The Bertz CT molecular complexity index is 523. The van der Waals surface area contributed by atoms with Crippen LogP contribution >= 0.6 is 0 Å². The minimum absolute atomic E-state index is 0.319. The maximum absolute atomic E-state index is 11.8. The van der Waals surface area contributed by atoms with E-state index in [1.165, 1.54) is 4.57 Å². The van der Waals surface area contributed by atoms with Gasteiger partial charge in [-0.05, 0) is 19.3 Å². The fourth-order valence-electron chi connectivity index (χ4n) is 2.00. The van der Waals surface area contributed by atoms with Gasteiger partial charge in [0.15, 0.2) is 5.69 Å². The van der Waals surface area contributed by atoms with Gasteiger partial charge in [0.1, 0.15) is 5.82 Å². The Kier molecular flexibility index (Phi) is 2.84. The summed E-state index contributed by atoms with van der Waals surface area (Å²) in [6, 6.07) is -0.413. The predicted octanol–water partition coefficient (Wildman–Crippen LogP) is -0.769. The van der Waals surface area contributed by atoms with Crippen LogP contribution in [0.25, 0.3) is 0 Å². The quantitative estimate of drug-likeness (QED) is 0.592. The van der Waals surface area contributed by atoms with Gasteiger partial charge in [-0.15, -0.1) is 0 Å². The van der Waals surface area contributed by atoms with E-state index in [2.05, 4.69) is 4.98 Å². The minimum Gasteiger partial charge on any atom is -0.501 e. The minimum atomic E-state index is -0.931. The highest BCUT2D eigenvalue weighted by atomic mass is 16.3. The summed E-state index contributed by atoms with van der Waals surface area (Å²) in [6.45, 7) is 0.446. The molecule has 1 unspecified atom stereocenters. The first kappa shape index (κ1) is 11.6. The number of rotatable bonds is 1. The molecule has 0 fully saturated rings. The van der Waals surface area contributed by atoms with Crippen molar-refractivity contribution in [1.29, 1.82) is 0 Å². The molecule has 0 saturated carbocycles. The average Bonchev–Trinajstić information content (AvgIpc) is 2.46. The zero-order chi connectivity index (χ0) is 12.6. The largest absolute Gasteiger partial charge is 0.501 e. The van der Waals surface area contributed by atoms with E-state index >= 15 is 0 Å². The van der Waals surface area contributed by atoms with Gasteiger partial charge in [0.25, 0.3) is 11.5 Å². The van der Waals surface area contributed by atoms with Crippen LogP contribution in [-0.4, -0.2) is 20.6 Å². The van der Waals surface area contributed by atoms with Gasteiger partial charge in [0.2, 0.25) is 5.75 Å². The first-order valence-electron chi connectivity index (χ1n) is 5.41. The molecule has 0 radical (unpaired) electrons. The molecule has 0 aromatic carbocycles. The number of primary amides is 1. The normalized spacial score (nSPS) is 19.5. The Morgan fingerprint density at radius 1 is 1.47 bits per heavy atom. The fraction of sp³-hybridized carbons (Fsp3) is 0.500. The topological polar surface area (TPSA) is 124 Å². The second-order valence-corrected chi connectivity index (χ2v) is 4.09. The SMILES string of the molecule is NC(=O)c1nc2n(c(=O)c1O)CCCCC2N. The lowest BCUT2D eigenvalue weighted by molar-refractivity contribution is 0.0991. The van der Waals surface area contributed by atoms with Crippen LogP contribution in [0, 0.1) is 0 Å². The van der Waals surface area contributed by atoms with E-state index < -0.39 is 29.0 Å². The van der Waals surface area contributed by atoms with Crippen molar-refractivity contribution in [3.63, 3.8) is 0 Å². The average molecular weight is 238 g/mol. The molecule has 1 aromatic heterocycles. The molecule has 0 aliphatic carbocycles. The third-order valence-corrected chi connectivity index (χ3v) is 2.89. The summed E-state index contributed by atoms with van der Waals surface area (Å²) in [6.07, 6.45) is 2.35. The lowest BCUT2D eigenvalue weighted by Crippen LogP contribution is -2.31. The van der Waals surface area contributed by atoms with Gasteiger partial charge in [-0.25, -0.2) is 4.98 Å². The number of nitrogens with two attached hydrogens (primary N) is 2. The first-order valence-corrected chi connectivity index (χ1v) is 5.41. The van der Waals surface area contributed by atoms with Crippen molar-refractivity contribution in [1.82, 2.24) is 9.55 Å². The highest BCUT2D eigenvalue weighted by molar-refractivity contribution is 5.93. The molecule has 1 aliphatic heterocycles. The summed E-state index contributed by atoms with van der Waals surface area (Å²) >= 11 is 0. The second kappa shape index (κ2) is 4.17. The van der Waals surface area contributed by atoms with Crippen LogP contribution in [0.2, 0.25) is 0 Å². The van der Waals surface area contributed by atoms with Gasteiger partial charge >= 0.3 is 0 Å². The highest BCUT2D eigenvalue weighted by Gasteiger charge is 2.24. The molecule has 2 rings (SSSR count).